The van der Waals surface area contributed by atoms with Gasteiger partial charge in [-0.25, -0.2) is 4.68 Å². The Morgan fingerprint density at radius 3 is 2.10 bits per heavy atom. The quantitative estimate of drug-likeness (QED) is 0.613. The molecule has 0 unspecified atom stereocenters. The molecule has 0 fully saturated rings. The first-order valence-corrected chi connectivity index (χ1v) is 5.86. The van der Waals surface area contributed by atoms with Crippen LogP contribution in [0.4, 0.5) is 0 Å². The molecule has 0 saturated heterocycles. The highest BCUT2D eigenvalue weighted by atomic mass is 16.5. The third-order valence-electron chi connectivity index (χ3n) is 2.56. The Bertz CT molecular complexity index is 591. The minimum absolute atomic E-state index is 0.0788. The summed E-state index contributed by atoms with van der Waals surface area (Å²) in [5, 5.41) is 3.77. The summed E-state index contributed by atoms with van der Waals surface area (Å²) < 4.78 is 9.90. The number of esters is 2. The second-order valence-electron chi connectivity index (χ2n) is 3.99. The van der Waals surface area contributed by atoms with Gasteiger partial charge in [0.05, 0.1) is 14.2 Å². The zero-order valence-corrected chi connectivity index (χ0v) is 11.9. The van der Waals surface area contributed by atoms with Gasteiger partial charge in [0.15, 0.2) is 0 Å². The number of ether oxygens (including phenoxy) is 2. The third kappa shape index (κ3) is 4.41. The summed E-state index contributed by atoms with van der Waals surface area (Å²) in [4.78, 5) is 47.0. The third-order valence-corrected chi connectivity index (χ3v) is 2.56. The maximum atomic E-state index is 12.2. The largest absolute Gasteiger partial charge is 0.468 e. The SMILES string of the molecule is COC(=O)CN(CC(=O)OC)C(=O)c1ccc(=O)n(C)n1. The van der Waals surface area contributed by atoms with Gasteiger partial charge >= 0.3 is 11.9 Å². The Morgan fingerprint density at radius 2 is 1.67 bits per heavy atom. The van der Waals surface area contributed by atoms with Crippen LogP contribution in [0.1, 0.15) is 10.5 Å². The van der Waals surface area contributed by atoms with Crippen LogP contribution in [0.2, 0.25) is 0 Å². The summed E-state index contributed by atoms with van der Waals surface area (Å²) in [5.74, 6) is -2.09. The molecule has 9 nitrogen and oxygen atoms in total. The molecular formula is C12H15N3O6. The molecule has 1 rings (SSSR count). The average Bonchev–Trinajstić information content (AvgIpc) is 2.48. The Hall–Kier alpha value is -2.71. The predicted octanol–water partition coefficient (Wildman–Crippen LogP) is -1.43. The number of amides is 1. The van der Waals surface area contributed by atoms with Crippen LogP contribution in [0.25, 0.3) is 0 Å². The van der Waals surface area contributed by atoms with E-state index in [1.807, 2.05) is 0 Å². The van der Waals surface area contributed by atoms with Crippen molar-refractivity contribution < 1.29 is 23.9 Å². The van der Waals surface area contributed by atoms with E-state index in [2.05, 4.69) is 14.6 Å². The number of carbonyl (C=O) groups excluding carboxylic acids is 3. The number of methoxy groups -OCH3 is 2. The summed E-state index contributed by atoms with van der Waals surface area (Å²) in [6, 6.07) is 2.38. The van der Waals surface area contributed by atoms with Crippen LogP contribution < -0.4 is 5.56 Å². The predicted molar refractivity (Wildman–Crippen MR) is 69.4 cm³/mol. The topological polar surface area (TPSA) is 108 Å². The van der Waals surface area contributed by atoms with Gasteiger partial charge in [-0.3, -0.25) is 19.2 Å². The van der Waals surface area contributed by atoms with Crippen molar-refractivity contribution in [2.75, 3.05) is 27.3 Å². The fraction of sp³-hybridized carbons (Fsp3) is 0.417. The Kier molecular flexibility index (Phi) is 5.58. The molecule has 0 bridgehead atoms. The smallest absolute Gasteiger partial charge is 0.325 e. The molecule has 0 aliphatic heterocycles. The van der Waals surface area contributed by atoms with E-state index in [4.69, 9.17) is 0 Å². The van der Waals surface area contributed by atoms with Crippen LogP contribution in [0.5, 0.6) is 0 Å². The lowest BCUT2D eigenvalue weighted by atomic mass is 10.3. The highest BCUT2D eigenvalue weighted by Gasteiger charge is 2.23. The molecule has 0 N–H and O–H groups in total. The van der Waals surface area contributed by atoms with Gasteiger partial charge in [-0.15, -0.1) is 0 Å². The van der Waals surface area contributed by atoms with Crippen LogP contribution >= 0.6 is 0 Å². The summed E-state index contributed by atoms with van der Waals surface area (Å²) >= 11 is 0. The second-order valence-corrected chi connectivity index (χ2v) is 3.99. The van der Waals surface area contributed by atoms with Crippen molar-refractivity contribution in [3.8, 4) is 0 Å². The van der Waals surface area contributed by atoms with Crippen LogP contribution in [0, 0.1) is 0 Å². The molecular weight excluding hydrogens is 282 g/mol. The fourth-order valence-corrected chi connectivity index (χ4v) is 1.42. The summed E-state index contributed by atoms with van der Waals surface area (Å²) in [5.41, 5.74) is -0.469. The molecule has 0 aromatic carbocycles. The van der Waals surface area contributed by atoms with Crippen LogP contribution in [0.3, 0.4) is 0 Å². The van der Waals surface area contributed by atoms with Gasteiger partial charge in [0.2, 0.25) is 0 Å². The summed E-state index contributed by atoms with van der Waals surface area (Å²) in [6.45, 7) is -0.871. The first-order chi connectivity index (χ1) is 9.88. The van der Waals surface area contributed by atoms with Crippen LogP contribution in [-0.4, -0.2) is 59.8 Å². The lowest BCUT2D eigenvalue weighted by Gasteiger charge is -2.19. The number of hydrogen-bond acceptors (Lipinski definition) is 7. The molecule has 0 saturated carbocycles. The molecule has 1 aromatic heterocycles. The highest BCUT2D eigenvalue weighted by molar-refractivity contribution is 5.96. The lowest BCUT2D eigenvalue weighted by molar-refractivity contribution is -0.144. The minimum Gasteiger partial charge on any atom is -0.468 e. The van der Waals surface area contributed by atoms with Crippen molar-refractivity contribution in [3.05, 3.63) is 28.2 Å². The van der Waals surface area contributed by atoms with E-state index in [1.165, 1.54) is 13.1 Å². The summed E-state index contributed by atoms with van der Waals surface area (Å²) in [7, 11) is 3.70. The number of carbonyl (C=O) groups is 3. The fourth-order valence-electron chi connectivity index (χ4n) is 1.42. The first-order valence-electron chi connectivity index (χ1n) is 5.86. The van der Waals surface area contributed by atoms with Crippen molar-refractivity contribution in [1.82, 2.24) is 14.7 Å². The molecule has 114 valence electrons. The molecule has 0 spiro atoms. The van der Waals surface area contributed by atoms with Crippen LogP contribution in [-0.2, 0) is 26.1 Å². The van der Waals surface area contributed by atoms with Gasteiger partial charge in [-0.05, 0) is 6.07 Å². The van der Waals surface area contributed by atoms with Gasteiger partial charge in [-0.1, -0.05) is 0 Å². The van der Waals surface area contributed by atoms with E-state index in [0.29, 0.717) is 0 Å². The molecule has 0 atom stereocenters. The van der Waals surface area contributed by atoms with E-state index in [1.54, 1.807) is 0 Å². The molecule has 1 heterocycles. The normalized spacial score (nSPS) is 9.86. The molecule has 1 aromatic rings. The number of hydrogen-bond donors (Lipinski definition) is 0. The van der Waals surface area contributed by atoms with Gasteiger partial charge in [0.25, 0.3) is 11.5 Å². The van der Waals surface area contributed by atoms with Crippen molar-refractivity contribution in [3.63, 3.8) is 0 Å². The second kappa shape index (κ2) is 7.17. The van der Waals surface area contributed by atoms with Gasteiger partial charge in [0.1, 0.15) is 18.8 Å². The number of aromatic nitrogens is 2. The van der Waals surface area contributed by atoms with Gasteiger partial charge in [-0.2, -0.15) is 5.10 Å². The van der Waals surface area contributed by atoms with E-state index in [-0.39, 0.29) is 11.3 Å². The summed E-state index contributed by atoms with van der Waals surface area (Å²) in [6.07, 6.45) is 0. The zero-order chi connectivity index (χ0) is 16.0. The Labute approximate surface area is 120 Å². The van der Waals surface area contributed by atoms with E-state index < -0.39 is 30.9 Å². The number of nitrogens with zero attached hydrogens (tertiary/aromatic N) is 3. The maximum absolute atomic E-state index is 12.2. The van der Waals surface area contributed by atoms with Crippen molar-refractivity contribution in [2.24, 2.45) is 7.05 Å². The maximum Gasteiger partial charge on any atom is 0.325 e. The highest BCUT2D eigenvalue weighted by Crippen LogP contribution is 2.01. The average molecular weight is 297 g/mol. The Morgan fingerprint density at radius 1 is 1.14 bits per heavy atom. The molecule has 1 amide bonds. The van der Waals surface area contributed by atoms with Crippen molar-refractivity contribution in [2.45, 2.75) is 0 Å². The standard InChI is InChI=1S/C12H15N3O6/c1-14-9(16)5-4-8(13-14)12(19)15(6-10(17)20-2)7-11(18)21-3/h4-5H,6-7H2,1-3H3. The Balaban J connectivity index is 3.02. The zero-order valence-electron chi connectivity index (χ0n) is 11.9. The number of aryl methyl sites for hydroxylation is 1. The first kappa shape index (κ1) is 16.3. The van der Waals surface area contributed by atoms with E-state index >= 15 is 0 Å². The molecule has 0 radical (unpaired) electrons. The van der Waals surface area contributed by atoms with E-state index in [0.717, 1.165) is 29.9 Å². The monoisotopic (exact) mass is 297 g/mol. The van der Waals surface area contributed by atoms with E-state index in [9.17, 15) is 19.2 Å². The lowest BCUT2D eigenvalue weighted by Crippen LogP contribution is -2.41. The molecule has 9 heteroatoms. The molecule has 0 aliphatic carbocycles. The van der Waals surface area contributed by atoms with Crippen molar-refractivity contribution >= 4 is 17.8 Å². The van der Waals surface area contributed by atoms with Crippen LogP contribution in [0.15, 0.2) is 16.9 Å². The van der Waals surface area contributed by atoms with Crippen molar-refractivity contribution in [1.29, 1.82) is 0 Å². The minimum atomic E-state index is -0.697. The van der Waals surface area contributed by atoms with Gasteiger partial charge in [0, 0.05) is 13.1 Å². The number of rotatable bonds is 5. The molecule has 0 aliphatic rings. The van der Waals surface area contributed by atoms with Gasteiger partial charge < -0.3 is 14.4 Å². The molecule has 21 heavy (non-hydrogen) atoms.